The van der Waals surface area contributed by atoms with E-state index in [1.165, 1.54) is 4.90 Å². The van der Waals surface area contributed by atoms with Gasteiger partial charge in [0.2, 0.25) is 10.0 Å². The second kappa shape index (κ2) is 10.7. The van der Waals surface area contributed by atoms with Gasteiger partial charge in [-0.15, -0.1) is 0 Å². The summed E-state index contributed by atoms with van der Waals surface area (Å²) in [6.45, 7) is 9.26. The molecule has 0 unspecified atom stereocenters. The van der Waals surface area contributed by atoms with Crippen molar-refractivity contribution in [3.63, 3.8) is 0 Å². The van der Waals surface area contributed by atoms with Gasteiger partial charge in [-0.1, -0.05) is 30.3 Å². The van der Waals surface area contributed by atoms with Crippen molar-refractivity contribution in [2.45, 2.75) is 52.5 Å². The Bertz CT molecular complexity index is 1070. The minimum absolute atomic E-state index is 0.111. The van der Waals surface area contributed by atoms with Gasteiger partial charge < -0.3 is 9.64 Å². The average molecular weight is 461 g/mol. The standard InChI is InChI=1S/C24H32N2O5S/c1-16-17(2)19(4)24(20(5)18(16)3)32(29,30)25-13-12-23(28)31-15-22(27)26(6)14-21-10-8-7-9-11-21/h7-11,25H,12-15H2,1-6H3. The molecule has 0 atom stereocenters. The van der Waals surface area contributed by atoms with Crippen LogP contribution in [-0.4, -0.2) is 45.4 Å². The highest BCUT2D eigenvalue weighted by atomic mass is 32.2. The van der Waals surface area contributed by atoms with Crippen molar-refractivity contribution in [1.29, 1.82) is 0 Å². The first-order valence-electron chi connectivity index (χ1n) is 10.5. The molecule has 0 spiro atoms. The van der Waals surface area contributed by atoms with E-state index in [1.807, 2.05) is 51.1 Å². The summed E-state index contributed by atoms with van der Waals surface area (Å²) in [6.07, 6.45) is -0.170. The number of nitrogens with zero attached hydrogens (tertiary/aromatic N) is 1. The van der Waals surface area contributed by atoms with Crippen LogP contribution in [0.1, 0.15) is 39.8 Å². The van der Waals surface area contributed by atoms with Gasteiger partial charge in [-0.2, -0.15) is 0 Å². The Hall–Kier alpha value is -2.71. The summed E-state index contributed by atoms with van der Waals surface area (Å²) in [5.74, 6) is -0.974. The molecule has 0 bridgehead atoms. The van der Waals surface area contributed by atoms with Crippen LogP contribution in [0.25, 0.3) is 0 Å². The van der Waals surface area contributed by atoms with Gasteiger partial charge in [0, 0.05) is 20.1 Å². The maximum atomic E-state index is 12.9. The molecule has 7 nitrogen and oxygen atoms in total. The molecule has 174 valence electrons. The van der Waals surface area contributed by atoms with E-state index in [4.69, 9.17) is 4.74 Å². The maximum absolute atomic E-state index is 12.9. The summed E-state index contributed by atoms with van der Waals surface area (Å²) in [5.41, 5.74) is 5.32. The summed E-state index contributed by atoms with van der Waals surface area (Å²) in [7, 11) is -2.16. The normalized spacial score (nSPS) is 11.3. The number of hydrogen-bond acceptors (Lipinski definition) is 5. The number of ether oxygens (including phenoxy) is 1. The zero-order valence-electron chi connectivity index (χ0n) is 19.6. The Labute approximate surface area is 190 Å². The van der Waals surface area contributed by atoms with Gasteiger partial charge in [-0.3, -0.25) is 9.59 Å². The second-order valence-corrected chi connectivity index (χ2v) is 9.70. The van der Waals surface area contributed by atoms with Crippen molar-refractivity contribution >= 4 is 21.9 Å². The molecule has 0 aromatic heterocycles. The lowest BCUT2D eigenvalue weighted by atomic mass is 9.95. The fourth-order valence-corrected chi connectivity index (χ4v) is 5.13. The predicted molar refractivity (Wildman–Crippen MR) is 124 cm³/mol. The van der Waals surface area contributed by atoms with Crippen LogP contribution in [0, 0.1) is 34.6 Å². The minimum Gasteiger partial charge on any atom is -0.456 e. The lowest BCUT2D eigenvalue weighted by Gasteiger charge is -2.19. The Balaban J connectivity index is 1.88. The highest BCUT2D eigenvalue weighted by molar-refractivity contribution is 7.89. The molecule has 0 aliphatic carbocycles. The quantitative estimate of drug-likeness (QED) is 0.581. The molecular formula is C24H32N2O5S. The Kier molecular flexibility index (Phi) is 8.58. The fraction of sp³-hybridized carbons (Fsp3) is 0.417. The first kappa shape index (κ1) is 25.5. The third-order valence-electron chi connectivity index (χ3n) is 5.87. The average Bonchev–Trinajstić information content (AvgIpc) is 2.75. The number of carbonyl (C=O) groups excluding carboxylic acids is 2. The highest BCUT2D eigenvalue weighted by Gasteiger charge is 2.23. The molecule has 8 heteroatoms. The topological polar surface area (TPSA) is 92.8 Å². The summed E-state index contributed by atoms with van der Waals surface area (Å²) < 4.78 is 33.3. The van der Waals surface area contributed by atoms with Crippen LogP contribution in [0.4, 0.5) is 0 Å². The number of hydrogen-bond donors (Lipinski definition) is 1. The largest absolute Gasteiger partial charge is 0.456 e. The third kappa shape index (κ3) is 6.17. The van der Waals surface area contributed by atoms with Crippen molar-refractivity contribution in [3.05, 3.63) is 63.7 Å². The van der Waals surface area contributed by atoms with Crippen LogP contribution in [0.2, 0.25) is 0 Å². The molecule has 1 amide bonds. The molecule has 0 fully saturated rings. The number of likely N-dealkylation sites (N-methyl/N-ethyl adjacent to an activating group) is 1. The zero-order valence-corrected chi connectivity index (χ0v) is 20.4. The number of benzene rings is 2. The second-order valence-electron chi connectivity index (χ2n) is 8.00. The Morgan fingerprint density at radius 2 is 1.44 bits per heavy atom. The lowest BCUT2D eigenvalue weighted by molar-refractivity contribution is -0.151. The molecule has 1 N–H and O–H groups in total. The molecule has 0 aliphatic rings. The van der Waals surface area contributed by atoms with Gasteiger partial charge in [-0.25, -0.2) is 13.1 Å². The summed E-state index contributed by atoms with van der Waals surface area (Å²) in [4.78, 5) is 25.9. The Morgan fingerprint density at radius 3 is 2.00 bits per heavy atom. The van der Waals surface area contributed by atoms with Crippen LogP contribution in [0.5, 0.6) is 0 Å². The summed E-state index contributed by atoms with van der Waals surface area (Å²) in [6, 6.07) is 9.48. The smallest absolute Gasteiger partial charge is 0.307 e. The van der Waals surface area contributed by atoms with Gasteiger partial charge in [0.25, 0.3) is 5.91 Å². The third-order valence-corrected chi connectivity index (χ3v) is 7.60. The molecule has 0 heterocycles. The van der Waals surface area contributed by atoms with Crippen molar-refractivity contribution in [2.75, 3.05) is 20.2 Å². The van der Waals surface area contributed by atoms with Gasteiger partial charge in [0.1, 0.15) is 0 Å². The molecule has 2 aromatic carbocycles. The lowest BCUT2D eigenvalue weighted by Crippen LogP contribution is -2.32. The molecule has 0 aliphatic heterocycles. The van der Waals surface area contributed by atoms with E-state index in [0.29, 0.717) is 17.7 Å². The fourth-order valence-electron chi connectivity index (χ4n) is 3.50. The predicted octanol–water partition coefficient (Wildman–Crippen LogP) is 3.10. The minimum atomic E-state index is -3.79. The SMILES string of the molecule is Cc1c(C)c(C)c(S(=O)(=O)NCCC(=O)OCC(=O)N(C)Cc2ccccc2)c(C)c1C. The molecule has 2 aromatic rings. The van der Waals surface area contributed by atoms with E-state index in [0.717, 1.165) is 22.3 Å². The van der Waals surface area contributed by atoms with Crippen LogP contribution in [-0.2, 0) is 30.9 Å². The van der Waals surface area contributed by atoms with Crippen LogP contribution in [0.3, 0.4) is 0 Å². The van der Waals surface area contributed by atoms with Crippen LogP contribution >= 0.6 is 0 Å². The first-order chi connectivity index (χ1) is 15.0. The van der Waals surface area contributed by atoms with Crippen molar-refractivity contribution in [3.8, 4) is 0 Å². The molecule has 2 rings (SSSR count). The highest BCUT2D eigenvalue weighted by Crippen LogP contribution is 2.29. The van der Waals surface area contributed by atoms with E-state index in [-0.39, 0.29) is 30.4 Å². The number of amides is 1. The van der Waals surface area contributed by atoms with E-state index in [9.17, 15) is 18.0 Å². The monoisotopic (exact) mass is 460 g/mol. The maximum Gasteiger partial charge on any atom is 0.307 e. The Morgan fingerprint density at radius 1 is 0.906 bits per heavy atom. The molecule has 0 saturated carbocycles. The molecule has 0 radical (unpaired) electrons. The van der Waals surface area contributed by atoms with E-state index in [1.54, 1.807) is 20.9 Å². The van der Waals surface area contributed by atoms with E-state index < -0.39 is 16.0 Å². The van der Waals surface area contributed by atoms with Crippen molar-refractivity contribution in [1.82, 2.24) is 9.62 Å². The van der Waals surface area contributed by atoms with Gasteiger partial charge >= 0.3 is 5.97 Å². The van der Waals surface area contributed by atoms with Gasteiger partial charge in [-0.05, 0) is 68.0 Å². The first-order valence-corrected chi connectivity index (χ1v) is 11.9. The molecule has 32 heavy (non-hydrogen) atoms. The molecule has 0 saturated heterocycles. The van der Waals surface area contributed by atoms with Crippen molar-refractivity contribution < 1.29 is 22.7 Å². The van der Waals surface area contributed by atoms with E-state index in [2.05, 4.69) is 4.72 Å². The summed E-state index contributed by atoms with van der Waals surface area (Å²) >= 11 is 0. The zero-order chi connectivity index (χ0) is 24.1. The number of esters is 1. The van der Waals surface area contributed by atoms with Crippen molar-refractivity contribution in [2.24, 2.45) is 0 Å². The van der Waals surface area contributed by atoms with Gasteiger partial charge in [0.15, 0.2) is 6.61 Å². The number of nitrogens with one attached hydrogen (secondary N) is 1. The van der Waals surface area contributed by atoms with E-state index >= 15 is 0 Å². The number of sulfonamides is 1. The van der Waals surface area contributed by atoms with Crippen LogP contribution in [0.15, 0.2) is 35.2 Å². The number of carbonyl (C=O) groups is 2. The van der Waals surface area contributed by atoms with Gasteiger partial charge in [0.05, 0.1) is 11.3 Å². The summed E-state index contributed by atoms with van der Waals surface area (Å²) in [5, 5.41) is 0. The van der Waals surface area contributed by atoms with Crippen LogP contribution < -0.4 is 4.72 Å². The molecular weight excluding hydrogens is 428 g/mol. The number of rotatable bonds is 9.